The number of urea groups is 1. The molecule has 1 rings (SSSR count). The van der Waals surface area contributed by atoms with Crippen molar-refractivity contribution in [1.29, 1.82) is 0 Å². The third kappa shape index (κ3) is 1.85. The molecule has 0 aromatic rings. The van der Waals surface area contributed by atoms with Crippen molar-refractivity contribution in [3.63, 3.8) is 0 Å². The smallest absolute Gasteiger partial charge is 0.312 e. The summed E-state index contributed by atoms with van der Waals surface area (Å²) in [6.07, 6.45) is 5.60. The van der Waals surface area contributed by atoms with Gasteiger partial charge in [0.25, 0.3) is 0 Å². The molecule has 3 N–H and O–H groups in total. The summed E-state index contributed by atoms with van der Waals surface area (Å²) in [6.45, 7) is 2.13. The molecule has 1 aliphatic rings. The summed E-state index contributed by atoms with van der Waals surface area (Å²) in [5.74, 6) is 0. The number of hydrogen-bond acceptors (Lipinski definition) is 1. The fourth-order valence-electron chi connectivity index (χ4n) is 1.78. The second-order valence-electron chi connectivity index (χ2n) is 3.37. The average Bonchev–Trinajstić information content (AvgIpc) is 1.82. The van der Waals surface area contributed by atoms with Gasteiger partial charge < -0.3 is 11.1 Å². The quantitative estimate of drug-likeness (QED) is 0.637. The van der Waals surface area contributed by atoms with Crippen molar-refractivity contribution in [2.45, 2.75) is 44.6 Å². The van der Waals surface area contributed by atoms with Crippen LogP contribution in [0.3, 0.4) is 0 Å². The van der Waals surface area contributed by atoms with E-state index >= 15 is 0 Å². The predicted octanol–water partition coefficient (Wildman–Crippen LogP) is 1.38. The van der Waals surface area contributed by atoms with E-state index in [0.29, 0.717) is 0 Å². The molecule has 1 saturated carbocycles. The van der Waals surface area contributed by atoms with Gasteiger partial charge >= 0.3 is 6.03 Å². The Bertz CT molecular complexity index is 152. The summed E-state index contributed by atoms with van der Waals surface area (Å²) in [4.78, 5) is 10.6. The fraction of sp³-hybridized carbons (Fsp3) is 0.875. The number of amides is 2. The first-order chi connectivity index (χ1) is 5.18. The summed E-state index contributed by atoms with van der Waals surface area (Å²) < 4.78 is 0. The van der Waals surface area contributed by atoms with Crippen LogP contribution in [0.25, 0.3) is 0 Å². The lowest BCUT2D eigenvalue weighted by Crippen LogP contribution is -2.55. The monoisotopic (exact) mass is 156 g/mol. The molecule has 0 atom stereocenters. The molecule has 3 heteroatoms. The number of hydrogen-bond donors (Lipinski definition) is 2. The van der Waals surface area contributed by atoms with Gasteiger partial charge in [-0.25, -0.2) is 4.79 Å². The Morgan fingerprint density at radius 1 is 1.64 bits per heavy atom. The normalized spacial score (nSPS) is 20.5. The molecule has 0 saturated heterocycles. The molecular formula is C8H16N2O. The standard InChI is InChI=1S/C8H16N2O/c1-2-4-8(5-3-6-8)10-7(9)11/h2-6H2,1H3,(H3,9,10,11). The Morgan fingerprint density at radius 3 is 2.55 bits per heavy atom. The molecule has 0 aromatic heterocycles. The largest absolute Gasteiger partial charge is 0.352 e. The number of primary amides is 1. The molecule has 0 unspecified atom stereocenters. The number of carbonyl (C=O) groups excluding carboxylic acids is 1. The van der Waals surface area contributed by atoms with Crippen LogP contribution in [0, 0.1) is 0 Å². The van der Waals surface area contributed by atoms with Crippen molar-refractivity contribution in [3.8, 4) is 0 Å². The van der Waals surface area contributed by atoms with Crippen molar-refractivity contribution < 1.29 is 4.79 Å². The molecule has 3 nitrogen and oxygen atoms in total. The minimum Gasteiger partial charge on any atom is -0.352 e. The van der Waals surface area contributed by atoms with Crippen molar-refractivity contribution >= 4 is 6.03 Å². The molecular weight excluding hydrogens is 140 g/mol. The molecule has 1 aliphatic carbocycles. The van der Waals surface area contributed by atoms with Crippen LogP contribution >= 0.6 is 0 Å². The molecule has 0 radical (unpaired) electrons. The first kappa shape index (κ1) is 8.37. The molecule has 1 fully saturated rings. The van der Waals surface area contributed by atoms with Crippen molar-refractivity contribution in [2.24, 2.45) is 5.73 Å². The zero-order valence-electron chi connectivity index (χ0n) is 7.02. The fourth-order valence-corrected chi connectivity index (χ4v) is 1.78. The van der Waals surface area contributed by atoms with E-state index < -0.39 is 0 Å². The maximum absolute atomic E-state index is 10.6. The lowest BCUT2D eigenvalue weighted by Gasteiger charge is -2.42. The highest BCUT2D eigenvalue weighted by Gasteiger charge is 2.36. The zero-order valence-corrected chi connectivity index (χ0v) is 7.02. The molecule has 2 amide bonds. The Balaban J connectivity index is 2.39. The molecule has 0 aliphatic heterocycles. The SMILES string of the molecule is CCCC1(NC(N)=O)CCC1. The van der Waals surface area contributed by atoms with Gasteiger partial charge in [-0.05, 0) is 25.7 Å². The Kier molecular flexibility index (Phi) is 2.37. The van der Waals surface area contributed by atoms with Gasteiger partial charge in [0, 0.05) is 5.54 Å². The summed E-state index contributed by atoms with van der Waals surface area (Å²) in [7, 11) is 0. The second kappa shape index (κ2) is 3.11. The van der Waals surface area contributed by atoms with E-state index in [1.807, 2.05) is 0 Å². The first-order valence-electron chi connectivity index (χ1n) is 4.26. The first-order valence-corrected chi connectivity index (χ1v) is 4.26. The van der Waals surface area contributed by atoms with Crippen molar-refractivity contribution in [1.82, 2.24) is 5.32 Å². The van der Waals surface area contributed by atoms with Crippen LogP contribution in [0.2, 0.25) is 0 Å². The van der Waals surface area contributed by atoms with E-state index in [1.54, 1.807) is 0 Å². The summed E-state index contributed by atoms with van der Waals surface area (Å²) in [5, 5.41) is 2.83. The third-order valence-corrected chi connectivity index (χ3v) is 2.43. The Labute approximate surface area is 67.3 Å². The Hall–Kier alpha value is -0.730. The lowest BCUT2D eigenvalue weighted by molar-refractivity contribution is 0.170. The maximum Gasteiger partial charge on any atom is 0.312 e. The second-order valence-corrected chi connectivity index (χ2v) is 3.37. The van der Waals surface area contributed by atoms with E-state index in [-0.39, 0.29) is 11.6 Å². The van der Waals surface area contributed by atoms with Crippen molar-refractivity contribution in [2.75, 3.05) is 0 Å². The lowest BCUT2D eigenvalue weighted by atomic mass is 9.74. The van der Waals surface area contributed by atoms with Crippen LogP contribution in [0.4, 0.5) is 4.79 Å². The highest BCUT2D eigenvalue weighted by Crippen LogP contribution is 2.35. The van der Waals surface area contributed by atoms with Crippen molar-refractivity contribution in [3.05, 3.63) is 0 Å². The van der Waals surface area contributed by atoms with E-state index in [0.717, 1.165) is 25.7 Å². The summed E-state index contributed by atoms with van der Waals surface area (Å²) in [6, 6.07) is -0.377. The van der Waals surface area contributed by atoms with Gasteiger partial charge in [-0.15, -0.1) is 0 Å². The topological polar surface area (TPSA) is 55.1 Å². The molecule has 0 spiro atoms. The van der Waals surface area contributed by atoms with Gasteiger partial charge in [0.15, 0.2) is 0 Å². The van der Waals surface area contributed by atoms with Crippen LogP contribution in [-0.2, 0) is 0 Å². The van der Waals surface area contributed by atoms with Gasteiger partial charge in [-0.2, -0.15) is 0 Å². The van der Waals surface area contributed by atoms with Gasteiger partial charge in [0.1, 0.15) is 0 Å². The number of carbonyl (C=O) groups is 1. The van der Waals surface area contributed by atoms with Crippen LogP contribution < -0.4 is 11.1 Å². The number of nitrogens with one attached hydrogen (secondary N) is 1. The van der Waals surface area contributed by atoms with E-state index in [4.69, 9.17) is 5.73 Å². The summed E-state index contributed by atoms with van der Waals surface area (Å²) in [5.41, 5.74) is 5.14. The molecule has 0 heterocycles. The van der Waals surface area contributed by atoms with Gasteiger partial charge in [0.2, 0.25) is 0 Å². The van der Waals surface area contributed by atoms with E-state index in [9.17, 15) is 4.79 Å². The van der Waals surface area contributed by atoms with Gasteiger partial charge in [0.05, 0.1) is 0 Å². The highest BCUT2D eigenvalue weighted by molar-refractivity contribution is 5.72. The van der Waals surface area contributed by atoms with Gasteiger partial charge in [-0.3, -0.25) is 0 Å². The maximum atomic E-state index is 10.6. The minimum atomic E-state index is -0.377. The number of nitrogens with two attached hydrogens (primary N) is 1. The van der Waals surface area contributed by atoms with E-state index in [2.05, 4.69) is 12.2 Å². The molecule has 0 bridgehead atoms. The van der Waals surface area contributed by atoms with Crippen LogP contribution in [0.5, 0.6) is 0 Å². The zero-order chi connectivity index (χ0) is 8.32. The highest BCUT2D eigenvalue weighted by atomic mass is 16.2. The van der Waals surface area contributed by atoms with Crippen LogP contribution in [-0.4, -0.2) is 11.6 Å². The molecule has 0 aromatic carbocycles. The summed E-state index contributed by atoms with van der Waals surface area (Å²) >= 11 is 0. The minimum absolute atomic E-state index is 0.0700. The number of rotatable bonds is 3. The van der Waals surface area contributed by atoms with Crippen LogP contribution in [0.1, 0.15) is 39.0 Å². The molecule has 11 heavy (non-hydrogen) atoms. The van der Waals surface area contributed by atoms with Gasteiger partial charge in [-0.1, -0.05) is 13.3 Å². The third-order valence-electron chi connectivity index (χ3n) is 2.43. The van der Waals surface area contributed by atoms with Crippen LogP contribution in [0.15, 0.2) is 0 Å². The van der Waals surface area contributed by atoms with E-state index in [1.165, 1.54) is 6.42 Å². The average molecular weight is 156 g/mol. The predicted molar refractivity (Wildman–Crippen MR) is 44.2 cm³/mol. The molecule has 64 valence electrons. The Morgan fingerprint density at radius 2 is 2.27 bits per heavy atom.